The lowest BCUT2D eigenvalue weighted by atomic mass is 10.1. The number of carbonyl (C=O) groups excluding carboxylic acids is 1. The van der Waals surface area contributed by atoms with Gasteiger partial charge in [0.05, 0.1) is 6.54 Å². The summed E-state index contributed by atoms with van der Waals surface area (Å²) in [6.45, 7) is 3.14. The molecular weight excluding hydrogens is 200 g/mol. The molecule has 0 unspecified atom stereocenters. The first kappa shape index (κ1) is 11.3. The third kappa shape index (κ3) is 2.91. The van der Waals surface area contributed by atoms with Crippen molar-refractivity contribution >= 4 is 6.03 Å². The van der Waals surface area contributed by atoms with Crippen LogP contribution in [0.3, 0.4) is 0 Å². The van der Waals surface area contributed by atoms with E-state index in [1.165, 1.54) is 19.3 Å². The minimum atomic E-state index is 0.157. The van der Waals surface area contributed by atoms with Crippen LogP contribution in [0.5, 0.6) is 0 Å². The van der Waals surface area contributed by atoms with Crippen molar-refractivity contribution in [1.29, 1.82) is 0 Å². The van der Waals surface area contributed by atoms with Gasteiger partial charge in [-0.3, -0.25) is 0 Å². The Bertz CT molecular complexity index is 285. The monoisotopic (exact) mass is 220 g/mol. The number of nitrogens with zero attached hydrogens (tertiary/aromatic N) is 2. The van der Waals surface area contributed by atoms with Gasteiger partial charge in [-0.2, -0.15) is 0 Å². The molecule has 0 aromatic carbocycles. The molecule has 16 heavy (non-hydrogen) atoms. The second-order valence-electron chi connectivity index (χ2n) is 4.86. The number of hydrogen-bond acceptors (Lipinski definition) is 1. The van der Waals surface area contributed by atoms with Crippen molar-refractivity contribution in [2.45, 2.75) is 32.1 Å². The lowest BCUT2D eigenvalue weighted by Gasteiger charge is -2.32. The third-order valence-electron chi connectivity index (χ3n) is 3.35. The number of rotatable bonds is 3. The number of carbonyl (C=O) groups is 1. The molecule has 0 N–H and O–H groups in total. The zero-order chi connectivity index (χ0) is 11.4. The van der Waals surface area contributed by atoms with Crippen LogP contribution in [0.4, 0.5) is 4.79 Å². The fraction of sp³-hybridized carbons (Fsp3) is 0.769. The molecule has 0 radical (unpaired) electrons. The Morgan fingerprint density at radius 3 is 2.56 bits per heavy atom. The molecule has 1 saturated heterocycles. The maximum absolute atomic E-state index is 12.2. The zero-order valence-corrected chi connectivity index (χ0v) is 9.82. The van der Waals surface area contributed by atoms with E-state index in [0.29, 0.717) is 12.5 Å². The first-order valence-electron chi connectivity index (χ1n) is 6.28. The van der Waals surface area contributed by atoms with Crippen LogP contribution in [-0.4, -0.2) is 42.0 Å². The van der Waals surface area contributed by atoms with E-state index < -0.39 is 0 Å². The van der Waals surface area contributed by atoms with Gasteiger partial charge < -0.3 is 9.80 Å². The molecule has 1 aliphatic heterocycles. The Hall–Kier alpha value is -1.17. The molecule has 3 nitrogen and oxygen atoms in total. The van der Waals surface area contributed by atoms with Gasteiger partial charge in [-0.05, 0) is 38.0 Å². The van der Waals surface area contributed by atoms with Gasteiger partial charge in [-0.15, -0.1) is 6.42 Å². The van der Waals surface area contributed by atoms with Crippen LogP contribution in [-0.2, 0) is 0 Å². The summed E-state index contributed by atoms with van der Waals surface area (Å²) in [5.41, 5.74) is 0. The van der Waals surface area contributed by atoms with E-state index in [0.717, 1.165) is 32.5 Å². The molecule has 0 aromatic rings. The average Bonchev–Trinajstić information content (AvgIpc) is 3.13. The molecule has 2 aliphatic rings. The van der Waals surface area contributed by atoms with Gasteiger partial charge in [0.1, 0.15) is 0 Å². The predicted octanol–water partition coefficient (Wildman–Crippen LogP) is 1.94. The Kier molecular flexibility index (Phi) is 3.71. The van der Waals surface area contributed by atoms with Crippen molar-refractivity contribution in [3.05, 3.63) is 0 Å². The molecule has 0 aromatic heterocycles. The molecule has 0 atom stereocenters. The number of hydrogen-bond donors (Lipinski definition) is 0. The van der Waals surface area contributed by atoms with Gasteiger partial charge in [0.2, 0.25) is 0 Å². The van der Waals surface area contributed by atoms with E-state index in [9.17, 15) is 4.79 Å². The molecule has 2 rings (SSSR count). The number of urea groups is 1. The highest BCUT2D eigenvalue weighted by molar-refractivity contribution is 5.74. The number of amides is 2. The van der Waals surface area contributed by atoms with E-state index in [-0.39, 0.29) is 6.03 Å². The maximum atomic E-state index is 12.2. The first-order chi connectivity index (χ1) is 7.81. The summed E-state index contributed by atoms with van der Waals surface area (Å²) in [6, 6.07) is 0.157. The summed E-state index contributed by atoms with van der Waals surface area (Å²) >= 11 is 0. The quantitative estimate of drug-likeness (QED) is 0.667. The first-order valence-corrected chi connectivity index (χ1v) is 6.28. The summed E-state index contributed by atoms with van der Waals surface area (Å²) in [4.78, 5) is 16.0. The van der Waals surface area contributed by atoms with Gasteiger partial charge in [0.25, 0.3) is 0 Å². The summed E-state index contributed by atoms with van der Waals surface area (Å²) in [5, 5.41) is 0. The average molecular weight is 220 g/mol. The molecule has 0 bridgehead atoms. The Labute approximate surface area is 97.8 Å². The fourth-order valence-corrected chi connectivity index (χ4v) is 2.22. The summed E-state index contributed by atoms with van der Waals surface area (Å²) in [6.07, 6.45) is 11.4. The van der Waals surface area contributed by atoms with E-state index >= 15 is 0 Å². The normalized spacial score (nSPS) is 20.3. The van der Waals surface area contributed by atoms with E-state index in [1.54, 1.807) is 0 Å². The van der Waals surface area contributed by atoms with E-state index in [1.807, 2.05) is 9.80 Å². The Morgan fingerprint density at radius 1 is 1.31 bits per heavy atom. The van der Waals surface area contributed by atoms with Crippen LogP contribution in [0.25, 0.3) is 0 Å². The summed E-state index contributed by atoms with van der Waals surface area (Å²) in [7, 11) is 0. The lowest BCUT2D eigenvalue weighted by molar-refractivity contribution is 0.147. The molecule has 1 saturated carbocycles. The third-order valence-corrected chi connectivity index (χ3v) is 3.35. The molecule has 3 heteroatoms. The zero-order valence-electron chi connectivity index (χ0n) is 9.82. The second-order valence-corrected chi connectivity index (χ2v) is 4.86. The van der Waals surface area contributed by atoms with Crippen LogP contribution in [0.15, 0.2) is 0 Å². The highest BCUT2D eigenvalue weighted by Crippen LogP contribution is 2.30. The van der Waals surface area contributed by atoms with Gasteiger partial charge in [0, 0.05) is 19.6 Å². The fourth-order valence-electron chi connectivity index (χ4n) is 2.22. The molecule has 1 aliphatic carbocycles. The van der Waals surface area contributed by atoms with E-state index in [2.05, 4.69) is 5.92 Å². The summed E-state index contributed by atoms with van der Waals surface area (Å²) in [5.74, 6) is 3.31. The number of terminal acetylenes is 1. The van der Waals surface area contributed by atoms with Crippen LogP contribution >= 0.6 is 0 Å². The molecule has 2 fully saturated rings. The molecule has 88 valence electrons. The van der Waals surface area contributed by atoms with Crippen molar-refractivity contribution < 1.29 is 4.79 Å². The Morgan fingerprint density at radius 2 is 2.00 bits per heavy atom. The largest absolute Gasteiger partial charge is 0.325 e. The molecule has 1 heterocycles. The Balaban J connectivity index is 1.89. The minimum absolute atomic E-state index is 0.157. The smallest absolute Gasteiger partial charge is 0.320 e. The van der Waals surface area contributed by atoms with Crippen molar-refractivity contribution in [1.82, 2.24) is 9.80 Å². The van der Waals surface area contributed by atoms with Crippen LogP contribution in [0, 0.1) is 18.3 Å². The number of piperidine rings is 1. The second kappa shape index (κ2) is 5.25. The highest BCUT2D eigenvalue weighted by Gasteiger charge is 2.28. The topological polar surface area (TPSA) is 23.6 Å². The maximum Gasteiger partial charge on any atom is 0.320 e. The van der Waals surface area contributed by atoms with Gasteiger partial charge in [-0.25, -0.2) is 4.79 Å². The van der Waals surface area contributed by atoms with E-state index in [4.69, 9.17) is 6.42 Å². The van der Waals surface area contributed by atoms with Crippen molar-refractivity contribution in [2.75, 3.05) is 26.2 Å². The van der Waals surface area contributed by atoms with Crippen molar-refractivity contribution in [3.8, 4) is 12.3 Å². The lowest BCUT2D eigenvalue weighted by Crippen LogP contribution is -2.46. The number of likely N-dealkylation sites (tertiary alicyclic amines) is 1. The summed E-state index contributed by atoms with van der Waals surface area (Å²) < 4.78 is 0. The van der Waals surface area contributed by atoms with Gasteiger partial charge in [0.15, 0.2) is 0 Å². The van der Waals surface area contributed by atoms with Crippen LogP contribution < -0.4 is 0 Å². The van der Waals surface area contributed by atoms with Crippen LogP contribution in [0.1, 0.15) is 32.1 Å². The van der Waals surface area contributed by atoms with Crippen LogP contribution in [0.2, 0.25) is 0 Å². The highest BCUT2D eigenvalue weighted by atomic mass is 16.2. The SMILES string of the molecule is C#CCN(CC1CC1)C(=O)N1CCCCC1. The molecule has 2 amide bonds. The minimum Gasteiger partial charge on any atom is -0.325 e. The van der Waals surface area contributed by atoms with Gasteiger partial charge in [-0.1, -0.05) is 5.92 Å². The molecular formula is C13H20N2O. The van der Waals surface area contributed by atoms with Crippen molar-refractivity contribution in [2.24, 2.45) is 5.92 Å². The predicted molar refractivity (Wildman–Crippen MR) is 64.0 cm³/mol. The van der Waals surface area contributed by atoms with Crippen molar-refractivity contribution in [3.63, 3.8) is 0 Å². The molecule has 0 spiro atoms. The standard InChI is InChI=1S/C13H20N2O/c1-2-8-15(11-12-6-7-12)13(16)14-9-4-3-5-10-14/h1,12H,3-11H2. The van der Waals surface area contributed by atoms with Gasteiger partial charge >= 0.3 is 6.03 Å².